The number of hydrogen-bond acceptors (Lipinski definition) is 2. The van der Waals surface area contributed by atoms with E-state index in [1.165, 1.54) is 5.56 Å². The van der Waals surface area contributed by atoms with Crippen molar-refractivity contribution in [2.45, 2.75) is 13.0 Å². The van der Waals surface area contributed by atoms with Gasteiger partial charge in [-0.25, -0.2) is 4.98 Å². The second-order valence-corrected chi connectivity index (χ2v) is 4.27. The van der Waals surface area contributed by atoms with E-state index in [9.17, 15) is 0 Å². The van der Waals surface area contributed by atoms with Crippen LogP contribution >= 0.6 is 15.9 Å². The first kappa shape index (κ1) is 10.2. The molecule has 1 atom stereocenters. The normalized spacial score (nSPS) is 12.4. The Kier molecular flexibility index (Phi) is 3.06. The lowest BCUT2D eigenvalue weighted by Gasteiger charge is -2.13. The van der Waals surface area contributed by atoms with E-state index in [1.54, 1.807) is 12.4 Å². The summed E-state index contributed by atoms with van der Waals surface area (Å²) in [5.41, 5.74) is 1.22. The summed E-state index contributed by atoms with van der Waals surface area (Å²) in [6.45, 7) is 2.10. The van der Waals surface area contributed by atoms with Gasteiger partial charge < -0.3 is 10.3 Å². The van der Waals surface area contributed by atoms with E-state index in [2.05, 4.69) is 50.3 Å². The molecule has 4 heteroatoms. The lowest BCUT2D eigenvalue weighted by molar-refractivity contribution is 0.866. The summed E-state index contributed by atoms with van der Waals surface area (Å²) in [6.07, 6.45) is 3.53. The van der Waals surface area contributed by atoms with Crippen LogP contribution in [0.2, 0.25) is 0 Å². The van der Waals surface area contributed by atoms with Crippen molar-refractivity contribution in [1.29, 1.82) is 0 Å². The largest absolute Gasteiger partial charge is 0.349 e. The van der Waals surface area contributed by atoms with Gasteiger partial charge in [-0.2, -0.15) is 0 Å². The Hall–Kier alpha value is -1.29. The first-order valence-electron chi connectivity index (χ1n) is 4.77. The van der Waals surface area contributed by atoms with Crippen molar-refractivity contribution in [1.82, 2.24) is 9.97 Å². The van der Waals surface area contributed by atoms with Gasteiger partial charge in [0.05, 0.1) is 6.04 Å². The minimum Gasteiger partial charge on any atom is -0.349 e. The Morgan fingerprint density at radius 1 is 1.47 bits per heavy atom. The SMILES string of the molecule is CC(Nc1ncc[nH]1)c1cccc(Br)c1. The van der Waals surface area contributed by atoms with E-state index in [1.807, 2.05) is 12.1 Å². The van der Waals surface area contributed by atoms with Crippen LogP contribution in [0.1, 0.15) is 18.5 Å². The van der Waals surface area contributed by atoms with E-state index < -0.39 is 0 Å². The molecule has 1 heterocycles. The van der Waals surface area contributed by atoms with Gasteiger partial charge >= 0.3 is 0 Å². The fourth-order valence-electron chi connectivity index (χ4n) is 1.41. The van der Waals surface area contributed by atoms with Crippen LogP contribution in [-0.4, -0.2) is 9.97 Å². The van der Waals surface area contributed by atoms with Crippen molar-refractivity contribution in [3.63, 3.8) is 0 Å². The number of aromatic amines is 1. The van der Waals surface area contributed by atoms with E-state index in [0.29, 0.717) is 0 Å². The van der Waals surface area contributed by atoms with Crippen molar-refractivity contribution < 1.29 is 0 Å². The van der Waals surface area contributed by atoms with Gasteiger partial charge in [0.2, 0.25) is 5.95 Å². The molecule has 0 aliphatic heterocycles. The first-order valence-corrected chi connectivity index (χ1v) is 5.56. The highest BCUT2D eigenvalue weighted by Crippen LogP contribution is 2.20. The predicted octanol–water partition coefficient (Wildman–Crippen LogP) is 3.35. The van der Waals surface area contributed by atoms with E-state index >= 15 is 0 Å². The van der Waals surface area contributed by atoms with Gasteiger partial charge in [0.15, 0.2) is 0 Å². The highest BCUT2D eigenvalue weighted by Gasteiger charge is 2.06. The van der Waals surface area contributed by atoms with Crippen LogP contribution in [0.25, 0.3) is 0 Å². The highest BCUT2D eigenvalue weighted by atomic mass is 79.9. The fourth-order valence-corrected chi connectivity index (χ4v) is 1.83. The van der Waals surface area contributed by atoms with Gasteiger partial charge in [0, 0.05) is 16.9 Å². The molecule has 0 saturated heterocycles. The van der Waals surface area contributed by atoms with E-state index in [4.69, 9.17) is 0 Å². The average Bonchev–Trinajstić information content (AvgIpc) is 2.70. The third-order valence-electron chi connectivity index (χ3n) is 2.20. The molecule has 3 nitrogen and oxygen atoms in total. The number of halogens is 1. The van der Waals surface area contributed by atoms with Crippen LogP contribution < -0.4 is 5.32 Å². The van der Waals surface area contributed by atoms with E-state index in [0.717, 1.165) is 10.4 Å². The quantitative estimate of drug-likeness (QED) is 0.894. The Morgan fingerprint density at radius 3 is 3.00 bits per heavy atom. The lowest BCUT2D eigenvalue weighted by Crippen LogP contribution is -2.07. The van der Waals surface area contributed by atoms with E-state index in [-0.39, 0.29) is 6.04 Å². The van der Waals surface area contributed by atoms with Gasteiger partial charge in [0.25, 0.3) is 0 Å². The molecule has 1 aromatic carbocycles. The molecular weight excluding hydrogens is 254 g/mol. The molecule has 0 radical (unpaired) electrons. The fraction of sp³-hybridized carbons (Fsp3) is 0.182. The maximum Gasteiger partial charge on any atom is 0.200 e. The summed E-state index contributed by atoms with van der Waals surface area (Å²) >= 11 is 3.46. The predicted molar refractivity (Wildman–Crippen MR) is 64.8 cm³/mol. The number of anilines is 1. The molecule has 0 amide bonds. The molecule has 2 N–H and O–H groups in total. The standard InChI is InChI=1S/C11H12BrN3/c1-8(15-11-13-5-6-14-11)9-3-2-4-10(12)7-9/h2-8H,1H3,(H2,13,14,15). The maximum absolute atomic E-state index is 4.13. The number of nitrogens with zero attached hydrogens (tertiary/aromatic N) is 1. The maximum atomic E-state index is 4.13. The molecule has 2 aromatic rings. The molecule has 0 bridgehead atoms. The number of H-pyrrole nitrogens is 1. The highest BCUT2D eigenvalue weighted by molar-refractivity contribution is 9.10. The molecule has 1 unspecified atom stereocenters. The lowest BCUT2D eigenvalue weighted by atomic mass is 10.1. The number of benzene rings is 1. The molecule has 0 spiro atoms. The zero-order valence-corrected chi connectivity index (χ0v) is 9.95. The Bertz CT molecular complexity index is 425. The monoisotopic (exact) mass is 265 g/mol. The van der Waals surface area contributed by atoms with Crippen LogP contribution in [0, 0.1) is 0 Å². The molecule has 0 fully saturated rings. The molecule has 15 heavy (non-hydrogen) atoms. The Morgan fingerprint density at radius 2 is 2.33 bits per heavy atom. The third-order valence-corrected chi connectivity index (χ3v) is 2.69. The summed E-state index contributed by atoms with van der Waals surface area (Å²) in [6, 6.07) is 8.46. The molecule has 1 aromatic heterocycles. The van der Waals surface area contributed by atoms with Crippen molar-refractivity contribution in [3.8, 4) is 0 Å². The number of imidazole rings is 1. The molecule has 2 rings (SSSR count). The van der Waals surface area contributed by atoms with Gasteiger partial charge in [-0.1, -0.05) is 28.1 Å². The number of hydrogen-bond donors (Lipinski definition) is 2. The summed E-state index contributed by atoms with van der Waals surface area (Å²) in [5, 5.41) is 3.28. The topological polar surface area (TPSA) is 40.7 Å². The minimum atomic E-state index is 0.230. The van der Waals surface area contributed by atoms with Gasteiger partial charge in [-0.3, -0.25) is 0 Å². The van der Waals surface area contributed by atoms with Crippen molar-refractivity contribution in [2.24, 2.45) is 0 Å². The number of aromatic nitrogens is 2. The average molecular weight is 266 g/mol. The second-order valence-electron chi connectivity index (χ2n) is 3.36. The van der Waals surface area contributed by atoms with Crippen molar-refractivity contribution in [2.75, 3.05) is 5.32 Å². The van der Waals surface area contributed by atoms with Crippen LogP contribution in [0.3, 0.4) is 0 Å². The zero-order chi connectivity index (χ0) is 10.7. The summed E-state index contributed by atoms with van der Waals surface area (Å²) in [7, 11) is 0. The minimum absolute atomic E-state index is 0.230. The summed E-state index contributed by atoms with van der Waals surface area (Å²) < 4.78 is 1.09. The summed E-state index contributed by atoms with van der Waals surface area (Å²) in [4.78, 5) is 7.14. The number of rotatable bonds is 3. The Labute approximate surface area is 97.1 Å². The van der Waals surface area contributed by atoms with Crippen LogP contribution in [0.15, 0.2) is 41.1 Å². The van der Waals surface area contributed by atoms with Crippen molar-refractivity contribution in [3.05, 3.63) is 46.7 Å². The van der Waals surface area contributed by atoms with Crippen LogP contribution in [-0.2, 0) is 0 Å². The number of nitrogens with one attached hydrogen (secondary N) is 2. The smallest absolute Gasteiger partial charge is 0.200 e. The van der Waals surface area contributed by atoms with Crippen LogP contribution in [0.5, 0.6) is 0 Å². The molecule has 0 aliphatic rings. The van der Waals surface area contributed by atoms with Gasteiger partial charge in [-0.05, 0) is 24.6 Å². The molecular formula is C11H12BrN3. The molecule has 0 saturated carbocycles. The van der Waals surface area contributed by atoms with Crippen LogP contribution in [0.4, 0.5) is 5.95 Å². The van der Waals surface area contributed by atoms with Gasteiger partial charge in [0.1, 0.15) is 0 Å². The third kappa shape index (κ3) is 2.59. The Balaban J connectivity index is 2.11. The van der Waals surface area contributed by atoms with Gasteiger partial charge in [-0.15, -0.1) is 0 Å². The second kappa shape index (κ2) is 4.49. The zero-order valence-electron chi connectivity index (χ0n) is 8.37. The van der Waals surface area contributed by atoms with Crippen molar-refractivity contribution >= 4 is 21.9 Å². The summed E-state index contributed by atoms with van der Waals surface area (Å²) in [5.74, 6) is 0.794. The first-order chi connectivity index (χ1) is 7.25. The molecule has 0 aliphatic carbocycles. The molecule has 78 valence electrons.